The molecule has 0 spiro atoms. The number of rotatable bonds is 6. The molecule has 1 rings (SSSR count). The molecule has 0 radical (unpaired) electrons. The molecule has 0 heterocycles. The lowest BCUT2D eigenvalue weighted by atomic mass is 10.2. The molecule has 1 N–H and O–H groups in total. The smallest absolute Gasteiger partial charge is 0.293 e. The lowest BCUT2D eigenvalue weighted by Crippen LogP contribution is -2.18. The summed E-state index contributed by atoms with van der Waals surface area (Å²) in [6, 6.07) is 4.92. The molecule has 100 valence electrons. The maximum atomic E-state index is 11.0. The SMILES string of the molecule is CC(CCS(C)=O)Nc1ccc(Br)cc1[N+](=O)[O-]. The average molecular weight is 335 g/mol. The molecule has 0 aliphatic rings. The number of anilines is 1. The van der Waals surface area contributed by atoms with Crippen molar-refractivity contribution in [2.24, 2.45) is 0 Å². The van der Waals surface area contributed by atoms with Crippen molar-refractivity contribution in [3.8, 4) is 0 Å². The van der Waals surface area contributed by atoms with Crippen molar-refractivity contribution in [3.05, 3.63) is 32.8 Å². The summed E-state index contributed by atoms with van der Waals surface area (Å²) < 4.78 is 11.7. The first-order valence-electron chi connectivity index (χ1n) is 5.40. The normalized spacial score (nSPS) is 13.9. The Morgan fingerprint density at radius 2 is 2.22 bits per heavy atom. The minimum Gasteiger partial charge on any atom is -0.377 e. The maximum absolute atomic E-state index is 11.0. The number of nitro benzene ring substituents is 1. The van der Waals surface area contributed by atoms with Crippen LogP contribution in [0.1, 0.15) is 13.3 Å². The van der Waals surface area contributed by atoms with E-state index in [1.165, 1.54) is 6.07 Å². The van der Waals surface area contributed by atoms with Crippen LogP contribution in [-0.2, 0) is 10.8 Å². The summed E-state index contributed by atoms with van der Waals surface area (Å²) >= 11 is 3.21. The quantitative estimate of drug-likeness (QED) is 0.641. The van der Waals surface area contributed by atoms with Crippen LogP contribution < -0.4 is 5.32 Å². The van der Waals surface area contributed by atoms with Crippen LogP contribution in [0.3, 0.4) is 0 Å². The van der Waals surface area contributed by atoms with Gasteiger partial charge in [0.2, 0.25) is 0 Å². The number of hydrogen-bond donors (Lipinski definition) is 1. The molecule has 0 amide bonds. The second-order valence-electron chi connectivity index (χ2n) is 4.03. The van der Waals surface area contributed by atoms with Gasteiger partial charge in [-0.15, -0.1) is 0 Å². The Bertz CT molecular complexity index is 468. The number of benzene rings is 1. The van der Waals surface area contributed by atoms with E-state index in [0.717, 1.165) is 0 Å². The highest BCUT2D eigenvalue weighted by Crippen LogP contribution is 2.28. The van der Waals surface area contributed by atoms with Gasteiger partial charge >= 0.3 is 0 Å². The molecule has 0 aliphatic carbocycles. The summed E-state index contributed by atoms with van der Waals surface area (Å²) in [5.74, 6) is 0.582. The number of halogens is 1. The number of nitro groups is 1. The molecule has 0 saturated heterocycles. The molecule has 0 aromatic heterocycles. The summed E-state index contributed by atoms with van der Waals surface area (Å²) in [6.07, 6.45) is 2.35. The second-order valence-corrected chi connectivity index (χ2v) is 6.50. The maximum Gasteiger partial charge on any atom is 0.293 e. The first-order valence-corrected chi connectivity index (χ1v) is 7.92. The fourth-order valence-electron chi connectivity index (χ4n) is 1.46. The fraction of sp³-hybridized carbons (Fsp3) is 0.455. The first kappa shape index (κ1) is 15.1. The van der Waals surface area contributed by atoms with Crippen LogP contribution in [0, 0.1) is 10.1 Å². The minimum absolute atomic E-state index is 0.0359. The zero-order valence-electron chi connectivity index (χ0n) is 10.2. The highest BCUT2D eigenvalue weighted by Gasteiger charge is 2.15. The van der Waals surface area contributed by atoms with E-state index in [1.54, 1.807) is 18.4 Å². The van der Waals surface area contributed by atoms with Gasteiger partial charge in [-0.25, -0.2) is 0 Å². The summed E-state index contributed by atoms with van der Waals surface area (Å²) in [4.78, 5) is 10.5. The van der Waals surface area contributed by atoms with Crippen LogP contribution in [0.4, 0.5) is 11.4 Å². The molecular weight excluding hydrogens is 320 g/mol. The van der Waals surface area contributed by atoms with E-state index < -0.39 is 15.7 Å². The summed E-state index contributed by atoms with van der Waals surface area (Å²) in [6.45, 7) is 1.92. The zero-order chi connectivity index (χ0) is 13.7. The average Bonchev–Trinajstić information content (AvgIpc) is 2.28. The molecule has 0 saturated carbocycles. The van der Waals surface area contributed by atoms with E-state index in [-0.39, 0.29) is 11.7 Å². The van der Waals surface area contributed by atoms with Crippen molar-refractivity contribution in [1.82, 2.24) is 0 Å². The third-order valence-electron chi connectivity index (χ3n) is 2.40. The molecular formula is C11H15BrN2O3S. The molecule has 5 nitrogen and oxygen atoms in total. The van der Waals surface area contributed by atoms with Gasteiger partial charge in [-0.1, -0.05) is 15.9 Å². The molecule has 0 aliphatic heterocycles. The molecule has 0 bridgehead atoms. The minimum atomic E-state index is -0.843. The molecule has 2 atom stereocenters. The Morgan fingerprint density at radius 3 is 2.78 bits per heavy atom. The Hall–Kier alpha value is -0.950. The predicted octanol–water partition coefficient (Wildman–Crippen LogP) is 2.93. The largest absolute Gasteiger partial charge is 0.377 e. The molecule has 18 heavy (non-hydrogen) atoms. The van der Waals surface area contributed by atoms with Crippen LogP contribution in [0.25, 0.3) is 0 Å². The summed E-state index contributed by atoms with van der Waals surface area (Å²) in [7, 11) is -0.843. The van der Waals surface area contributed by atoms with Crippen molar-refractivity contribution in [2.75, 3.05) is 17.3 Å². The van der Waals surface area contributed by atoms with Crippen molar-refractivity contribution in [3.63, 3.8) is 0 Å². The molecule has 7 heteroatoms. The van der Waals surface area contributed by atoms with Crippen molar-refractivity contribution < 1.29 is 9.13 Å². The topological polar surface area (TPSA) is 72.2 Å². The van der Waals surface area contributed by atoms with E-state index in [1.807, 2.05) is 6.92 Å². The van der Waals surface area contributed by atoms with Gasteiger partial charge in [-0.3, -0.25) is 14.3 Å². The molecule has 1 aromatic carbocycles. The Labute approximate surface area is 117 Å². The monoisotopic (exact) mass is 334 g/mol. The van der Waals surface area contributed by atoms with Gasteiger partial charge in [-0.2, -0.15) is 0 Å². The fourth-order valence-corrected chi connectivity index (χ4v) is 2.49. The van der Waals surface area contributed by atoms with Crippen LogP contribution in [0.2, 0.25) is 0 Å². The van der Waals surface area contributed by atoms with Crippen LogP contribution >= 0.6 is 15.9 Å². The van der Waals surface area contributed by atoms with Gasteiger partial charge in [0.05, 0.1) is 4.92 Å². The molecule has 0 fully saturated rings. The van der Waals surface area contributed by atoms with Gasteiger partial charge < -0.3 is 5.32 Å². The van der Waals surface area contributed by atoms with Crippen molar-refractivity contribution >= 4 is 38.1 Å². The number of nitrogens with zero attached hydrogens (tertiary/aromatic N) is 1. The van der Waals surface area contributed by atoms with Crippen molar-refractivity contribution in [1.29, 1.82) is 0 Å². The summed E-state index contributed by atoms with van der Waals surface area (Å²) in [5, 5.41) is 14.0. The zero-order valence-corrected chi connectivity index (χ0v) is 12.6. The van der Waals surface area contributed by atoms with Crippen LogP contribution in [-0.4, -0.2) is 27.2 Å². The van der Waals surface area contributed by atoms with Crippen LogP contribution in [0.15, 0.2) is 22.7 Å². The third-order valence-corrected chi connectivity index (χ3v) is 3.70. The highest BCUT2D eigenvalue weighted by atomic mass is 79.9. The number of hydrogen-bond acceptors (Lipinski definition) is 4. The number of nitrogens with one attached hydrogen (secondary N) is 1. The van der Waals surface area contributed by atoms with E-state index in [9.17, 15) is 14.3 Å². The van der Waals surface area contributed by atoms with Gasteiger partial charge in [0.1, 0.15) is 5.69 Å². The summed E-state index contributed by atoms with van der Waals surface area (Å²) in [5.41, 5.74) is 0.520. The highest BCUT2D eigenvalue weighted by molar-refractivity contribution is 9.10. The van der Waals surface area contributed by atoms with Gasteiger partial charge in [0.25, 0.3) is 5.69 Å². The molecule has 1 aromatic rings. The first-order chi connectivity index (χ1) is 8.40. The Morgan fingerprint density at radius 1 is 1.56 bits per heavy atom. The van der Waals surface area contributed by atoms with E-state index in [2.05, 4.69) is 21.2 Å². The Kier molecular flexibility index (Phi) is 5.74. The Balaban J connectivity index is 2.77. The molecule has 2 unspecified atom stereocenters. The van der Waals surface area contributed by atoms with Gasteiger partial charge in [-0.05, 0) is 25.5 Å². The second kappa shape index (κ2) is 6.84. The van der Waals surface area contributed by atoms with E-state index >= 15 is 0 Å². The predicted molar refractivity (Wildman–Crippen MR) is 77.4 cm³/mol. The lowest BCUT2D eigenvalue weighted by Gasteiger charge is -2.14. The van der Waals surface area contributed by atoms with E-state index in [0.29, 0.717) is 22.3 Å². The van der Waals surface area contributed by atoms with Crippen molar-refractivity contribution in [2.45, 2.75) is 19.4 Å². The van der Waals surface area contributed by atoms with Crippen LogP contribution in [0.5, 0.6) is 0 Å². The standard InChI is InChI=1S/C11H15BrN2O3S/c1-8(5-6-18(2)17)13-10-4-3-9(12)7-11(10)14(15)16/h3-4,7-8,13H,5-6H2,1-2H3. The lowest BCUT2D eigenvalue weighted by molar-refractivity contribution is -0.384. The third kappa shape index (κ3) is 4.73. The van der Waals surface area contributed by atoms with E-state index in [4.69, 9.17) is 0 Å². The van der Waals surface area contributed by atoms with Gasteiger partial charge in [0, 0.05) is 39.4 Å². The van der Waals surface area contributed by atoms with Gasteiger partial charge in [0.15, 0.2) is 0 Å².